The van der Waals surface area contributed by atoms with Gasteiger partial charge in [-0.05, 0) is 40.5 Å². The van der Waals surface area contributed by atoms with Crippen molar-refractivity contribution in [2.75, 3.05) is 18.4 Å². The first kappa shape index (κ1) is 15.8. The van der Waals surface area contributed by atoms with E-state index in [2.05, 4.69) is 21.2 Å². The maximum atomic E-state index is 12.0. The molecule has 0 unspecified atom stereocenters. The second kappa shape index (κ2) is 7.35. The number of rotatable bonds is 5. The van der Waals surface area contributed by atoms with Gasteiger partial charge in [0.2, 0.25) is 0 Å². The molecule has 7 heteroatoms. The summed E-state index contributed by atoms with van der Waals surface area (Å²) in [5.74, 6) is -1.04. The number of aliphatic carboxylic acids is 1. The molecule has 2 amide bonds. The van der Waals surface area contributed by atoms with Crippen molar-refractivity contribution in [2.24, 2.45) is 0 Å². The van der Waals surface area contributed by atoms with E-state index in [4.69, 9.17) is 16.7 Å². The molecule has 1 aromatic carbocycles. The van der Waals surface area contributed by atoms with Crippen LogP contribution in [0.2, 0.25) is 5.02 Å². The van der Waals surface area contributed by atoms with E-state index in [1.807, 2.05) is 6.92 Å². The van der Waals surface area contributed by atoms with Crippen LogP contribution in [-0.4, -0.2) is 35.1 Å². The van der Waals surface area contributed by atoms with Crippen LogP contribution in [-0.2, 0) is 4.79 Å². The van der Waals surface area contributed by atoms with Crippen molar-refractivity contribution in [3.05, 3.63) is 27.7 Å². The molecule has 19 heavy (non-hydrogen) atoms. The van der Waals surface area contributed by atoms with Crippen molar-refractivity contribution in [3.63, 3.8) is 0 Å². The van der Waals surface area contributed by atoms with Crippen LogP contribution in [0.15, 0.2) is 22.7 Å². The van der Waals surface area contributed by atoms with Crippen LogP contribution in [0.25, 0.3) is 0 Å². The SMILES string of the molecule is CCCN(CC(=O)O)C(=O)Nc1ccc(Cl)cc1Br. The number of hydrogen-bond donors (Lipinski definition) is 2. The van der Waals surface area contributed by atoms with Crippen LogP contribution >= 0.6 is 27.5 Å². The zero-order valence-corrected chi connectivity index (χ0v) is 12.7. The quantitative estimate of drug-likeness (QED) is 0.855. The molecule has 2 N–H and O–H groups in total. The summed E-state index contributed by atoms with van der Waals surface area (Å²) in [7, 11) is 0. The summed E-state index contributed by atoms with van der Waals surface area (Å²) in [5.41, 5.74) is 0.542. The number of nitrogens with one attached hydrogen (secondary N) is 1. The predicted octanol–water partition coefficient (Wildman–Crippen LogP) is 3.43. The highest BCUT2D eigenvalue weighted by Crippen LogP contribution is 2.26. The molecule has 0 heterocycles. The second-order valence-electron chi connectivity index (χ2n) is 3.87. The summed E-state index contributed by atoms with van der Waals surface area (Å²) >= 11 is 9.08. The van der Waals surface area contributed by atoms with Crippen LogP contribution in [0.4, 0.5) is 10.5 Å². The number of carboxylic acids is 1. The summed E-state index contributed by atoms with van der Waals surface area (Å²) in [4.78, 5) is 23.9. The molecule has 0 aliphatic heterocycles. The van der Waals surface area contributed by atoms with Gasteiger partial charge in [-0.25, -0.2) is 4.79 Å². The number of amides is 2. The largest absolute Gasteiger partial charge is 0.480 e. The summed E-state index contributed by atoms with van der Waals surface area (Å²) in [5, 5.41) is 12.0. The molecule has 5 nitrogen and oxygen atoms in total. The fourth-order valence-corrected chi connectivity index (χ4v) is 2.25. The highest BCUT2D eigenvalue weighted by molar-refractivity contribution is 9.10. The average molecular weight is 350 g/mol. The van der Waals surface area contributed by atoms with Gasteiger partial charge in [-0.2, -0.15) is 0 Å². The molecule has 0 saturated heterocycles. The van der Waals surface area contributed by atoms with Crippen molar-refractivity contribution < 1.29 is 14.7 Å². The van der Waals surface area contributed by atoms with E-state index >= 15 is 0 Å². The summed E-state index contributed by atoms with van der Waals surface area (Å²) in [6.45, 7) is 1.93. The number of carbonyl (C=O) groups excluding carboxylic acids is 1. The molecule has 0 aromatic heterocycles. The Morgan fingerprint density at radius 1 is 1.47 bits per heavy atom. The molecular weight excluding hydrogens is 336 g/mol. The second-order valence-corrected chi connectivity index (χ2v) is 5.16. The predicted molar refractivity (Wildman–Crippen MR) is 77.7 cm³/mol. The van der Waals surface area contributed by atoms with E-state index in [0.717, 1.165) is 0 Å². The first-order valence-electron chi connectivity index (χ1n) is 5.66. The molecule has 0 bridgehead atoms. The standard InChI is InChI=1S/C12H14BrClN2O3/c1-2-5-16(7-11(17)18)12(19)15-10-4-3-8(14)6-9(10)13/h3-4,6H,2,5,7H2,1H3,(H,15,19)(H,17,18). The van der Waals surface area contributed by atoms with E-state index in [1.165, 1.54) is 4.90 Å². The fourth-order valence-electron chi connectivity index (χ4n) is 1.47. The minimum absolute atomic E-state index is 0.328. The van der Waals surface area contributed by atoms with Gasteiger partial charge in [-0.3, -0.25) is 4.79 Å². The zero-order chi connectivity index (χ0) is 14.4. The molecular formula is C12H14BrClN2O3. The number of anilines is 1. The minimum atomic E-state index is -1.04. The van der Waals surface area contributed by atoms with Crippen molar-refractivity contribution in [1.29, 1.82) is 0 Å². The average Bonchev–Trinajstić information content (AvgIpc) is 2.31. The Morgan fingerprint density at radius 2 is 2.16 bits per heavy atom. The first-order valence-corrected chi connectivity index (χ1v) is 6.84. The Balaban J connectivity index is 2.77. The van der Waals surface area contributed by atoms with Gasteiger partial charge >= 0.3 is 12.0 Å². The number of carbonyl (C=O) groups is 2. The molecule has 0 spiro atoms. The summed E-state index contributed by atoms with van der Waals surface area (Å²) < 4.78 is 0.639. The molecule has 1 rings (SSSR count). The molecule has 0 atom stereocenters. The number of urea groups is 1. The lowest BCUT2D eigenvalue weighted by atomic mass is 10.3. The van der Waals surface area contributed by atoms with Crippen molar-refractivity contribution >= 4 is 45.2 Å². The van der Waals surface area contributed by atoms with Crippen LogP contribution in [0.5, 0.6) is 0 Å². The van der Waals surface area contributed by atoms with Crippen LogP contribution < -0.4 is 5.32 Å². The van der Waals surface area contributed by atoms with Crippen molar-refractivity contribution in [1.82, 2.24) is 4.90 Å². The third kappa shape index (κ3) is 5.08. The lowest BCUT2D eigenvalue weighted by molar-refractivity contribution is -0.137. The highest BCUT2D eigenvalue weighted by atomic mass is 79.9. The molecule has 0 saturated carbocycles. The van der Waals surface area contributed by atoms with Crippen molar-refractivity contribution in [3.8, 4) is 0 Å². The first-order chi connectivity index (χ1) is 8.93. The van der Waals surface area contributed by atoms with E-state index in [0.29, 0.717) is 28.1 Å². The van der Waals surface area contributed by atoms with Gasteiger partial charge in [0.25, 0.3) is 0 Å². The minimum Gasteiger partial charge on any atom is -0.480 e. The molecule has 0 radical (unpaired) electrons. The normalized spacial score (nSPS) is 10.1. The van der Waals surface area contributed by atoms with Gasteiger partial charge in [0.05, 0.1) is 5.69 Å². The van der Waals surface area contributed by atoms with E-state index < -0.39 is 12.0 Å². The number of carboxylic acid groups (broad SMARTS) is 1. The Labute approximate surface area is 124 Å². The van der Waals surface area contributed by atoms with Crippen LogP contribution in [0, 0.1) is 0 Å². The fraction of sp³-hybridized carbons (Fsp3) is 0.333. The third-order valence-corrected chi connectivity index (χ3v) is 3.17. The smallest absolute Gasteiger partial charge is 0.323 e. The molecule has 1 aromatic rings. The summed E-state index contributed by atoms with van der Waals surface area (Å²) in [6, 6.07) is 4.49. The van der Waals surface area contributed by atoms with Gasteiger partial charge in [-0.15, -0.1) is 0 Å². The topological polar surface area (TPSA) is 69.6 Å². The van der Waals surface area contributed by atoms with E-state index in [1.54, 1.807) is 18.2 Å². The third-order valence-electron chi connectivity index (χ3n) is 2.28. The van der Waals surface area contributed by atoms with Gasteiger partial charge in [-0.1, -0.05) is 18.5 Å². The van der Waals surface area contributed by atoms with Gasteiger partial charge in [0.1, 0.15) is 6.54 Å². The van der Waals surface area contributed by atoms with E-state index in [-0.39, 0.29) is 6.54 Å². The van der Waals surface area contributed by atoms with Gasteiger partial charge in [0, 0.05) is 16.0 Å². The number of benzene rings is 1. The lowest BCUT2D eigenvalue weighted by Crippen LogP contribution is -2.39. The molecule has 0 aliphatic rings. The Hall–Kier alpha value is -1.27. The van der Waals surface area contributed by atoms with Gasteiger partial charge < -0.3 is 15.3 Å². The Morgan fingerprint density at radius 3 is 2.68 bits per heavy atom. The maximum Gasteiger partial charge on any atom is 0.323 e. The number of nitrogens with zero attached hydrogens (tertiary/aromatic N) is 1. The molecule has 0 fully saturated rings. The zero-order valence-electron chi connectivity index (χ0n) is 10.3. The van der Waals surface area contributed by atoms with E-state index in [9.17, 15) is 9.59 Å². The number of halogens is 2. The molecule has 0 aliphatic carbocycles. The highest BCUT2D eigenvalue weighted by Gasteiger charge is 2.16. The monoisotopic (exact) mass is 348 g/mol. The Bertz CT molecular complexity index is 482. The summed E-state index contributed by atoms with van der Waals surface area (Å²) in [6.07, 6.45) is 0.683. The van der Waals surface area contributed by atoms with Crippen molar-refractivity contribution in [2.45, 2.75) is 13.3 Å². The molecule has 104 valence electrons. The lowest BCUT2D eigenvalue weighted by Gasteiger charge is -2.20. The maximum absolute atomic E-state index is 12.0. The Kier molecular flexibility index (Phi) is 6.11. The van der Waals surface area contributed by atoms with Gasteiger partial charge in [0.15, 0.2) is 0 Å². The van der Waals surface area contributed by atoms with Crippen LogP contribution in [0.1, 0.15) is 13.3 Å². The van der Waals surface area contributed by atoms with Crippen LogP contribution in [0.3, 0.4) is 0 Å². The number of hydrogen-bond acceptors (Lipinski definition) is 2.